The summed E-state index contributed by atoms with van der Waals surface area (Å²) >= 11 is 0. The van der Waals surface area contributed by atoms with Gasteiger partial charge in [0.25, 0.3) is 0 Å². The molecule has 1 aromatic heterocycles. The highest BCUT2D eigenvalue weighted by atomic mass is 16.1. The molecule has 2 nitrogen and oxygen atoms in total. The molecule has 0 bridgehead atoms. The fourth-order valence-electron chi connectivity index (χ4n) is 0.612. The number of aromatic nitrogens is 1. The molecule has 0 saturated carbocycles. The van der Waals surface area contributed by atoms with Crippen molar-refractivity contribution in [1.82, 2.24) is 4.98 Å². The summed E-state index contributed by atoms with van der Waals surface area (Å²) in [5.41, 5.74) is 0.801. The quantitative estimate of drug-likeness (QED) is 0.449. The van der Waals surface area contributed by atoms with Gasteiger partial charge < -0.3 is 0 Å². The van der Waals surface area contributed by atoms with Crippen molar-refractivity contribution in [2.45, 2.75) is 0 Å². The van der Waals surface area contributed by atoms with Crippen LogP contribution in [0.1, 0.15) is 5.69 Å². The Labute approximate surface area is 59.2 Å². The molecule has 0 aliphatic carbocycles. The van der Waals surface area contributed by atoms with E-state index < -0.39 is 0 Å². The maximum Gasteiger partial charge on any atom is 0.142 e. The standard InChI is InChI=1S/C8H7NO/c10-7-3-5-8-4-1-2-6-9-8/h1-7H. The van der Waals surface area contributed by atoms with Gasteiger partial charge in [-0.2, -0.15) is 0 Å². The first-order valence-electron chi connectivity index (χ1n) is 2.96. The largest absolute Gasteiger partial charge is 0.299 e. The van der Waals surface area contributed by atoms with Gasteiger partial charge >= 0.3 is 0 Å². The van der Waals surface area contributed by atoms with Crippen molar-refractivity contribution >= 4 is 12.4 Å². The summed E-state index contributed by atoms with van der Waals surface area (Å²) in [5, 5.41) is 0. The highest BCUT2D eigenvalue weighted by Crippen LogP contribution is 1.94. The van der Waals surface area contributed by atoms with Gasteiger partial charge in [-0.15, -0.1) is 0 Å². The van der Waals surface area contributed by atoms with Gasteiger partial charge in [-0.1, -0.05) is 6.07 Å². The van der Waals surface area contributed by atoms with Gasteiger partial charge in [-0.05, 0) is 24.3 Å². The van der Waals surface area contributed by atoms with Gasteiger partial charge in [-0.3, -0.25) is 9.78 Å². The van der Waals surface area contributed by atoms with Crippen LogP contribution in [0.2, 0.25) is 0 Å². The average Bonchev–Trinajstić information content (AvgIpc) is 2.03. The first-order valence-corrected chi connectivity index (χ1v) is 2.96. The van der Waals surface area contributed by atoms with Crippen LogP contribution in [0.25, 0.3) is 6.08 Å². The predicted molar refractivity (Wildman–Crippen MR) is 39.3 cm³/mol. The molecule has 0 amide bonds. The van der Waals surface area contributed by atoms with Crippen molar-refractivity contribution < 1.29 is 4.79 Å². The topological polar surface area (TPSA) is 30.0 Å². The third-order valence-corrected chi connectivity index (χ3v) is 1.03. The fourth-order valence-corrected chi connectivity index (χ4v) is 0.612. The van der Waals surface area contributed by atoms with E-state index in [9.17, 15) is 4.79 Å². The Morgan fingerprint density at radius 2 is 2.30 bits per heavy atom. The van der Waals surface area contributed by atoms with Crippen LogP contribution in [0.15, 0.2) is 30.5 Å². The molecule has 0 aliphatic rings. The fraction of sp³-hybridized carbons (Fsp3) is 0. The second kappa shape index (κ2) is 3.56. The summed E-state index contributed by atoms with van der Waals surface area (Å²) in [4.78, 5) is 13.8. The molecule has 0 saturated heterocycles. The highest BCUT2D eigenvalue weighted by Gasteiger charge is 1.80. The number of hydrogen-bond acceptors (Lipinski definition) is 2. The Morgan fingerprint density at radius 3 is 2.90 bits per heavy atom. The molecule has 0 unspecified atom stereocenters. The molecule has 0 atom stereocenters. The smallest absolute Gasteiger partial charge is 0.142 e. The molecule has 0 aliphatic heterocycles. The summed E-state index contributed by atoms with van der Waals surface area (Å²) in [7, 11) is 0. The van der Waals surface area contributed by atoms with Crippen molar-refractivity contribution in [2.24, 2.45) is 0 Å². The molecule has 2 heteroatoms. The SMILES string of the molecule is O=CC=Cc1ccccn1. The molecule has 0 fully saturated rings. The normalized spacial score (nSPS) is 10.0. The van der Waals surface area contributed by atoms with E-state index in [1.807, 2.05) is 18.2 Å². The van der Waals surface area contributed by atoms with Gasteiger partial charge in [0.15, 0.2) is 0 Å². The van der Waals surface area contributed by atoms with Crippen LogP contribution in [0.5, 0.6) is 0 Å². The number of pyridine rings is 1. The van der Waals surface area contributed by atoms with E-state index in [0.29, 0.717) is 0 Å². The van der Waals surface area contributed by atoms with Crippen LogP contribution in [0.3, 0.4) is 0 Å². The van der Waals surface area contributed by atoms with Gasteiger partial charge in [0, 0.05) is 6.20 Å². The van der Waals surface area contributed by atoms with Gasteiger partial charge in [-0.25, -0.2) is 0 Å². The van der Waals surface area contributed by atoms with Crippen LogP contribution < -0.4 is 0 Å². The number of carbonyl (C=O) groups is 1. The van der Waals surface area contributed by atoms with Crippen LogP contribution in [0.4, 0.5) is 0 Å². The third-order valence-electron chi connectivity index (χ3n) is 1.03. The molecule has 1 heterocycles. The molecule has 1 rings (SSSR count). The van der Waals surface area contributed by atoms with Gasteiger partial charge in [0.2, 0.25) is 0 Å². The Morgan fingerprint density at radius 1 is 1.40 bits per heavy atom. The van der Waals surface area contributed by atoms with E-state index in [2.05, 4.69) is 4.98 Å². The molecule has 0 N–H and O–H groups in total. The van der Waals surface area contributed by atoms with E-state index in [4.69, 9.17) is 0 Å². The molecular weight excluding hydrogens is 126 g/mol. The predicted octanol–water partition coefficient (Wildman–Crippen LogP) is 1.29. The second-order valence-electron chi connectivity index (χ2n) is 1.75. The first kappa shape index (κ1) is 6.68. The Bertz CT molecular complexity index is 228. The van der Waals surface area contributed by atoms with E-state index in [1.165, 1.54) is 6.08 Å². The van der Waals surface area contributed by atoms with Crippen molar-refractivity contribution in [2.75, 3.05) is 0 Å². The lowest BCUT2D eigenvalue weighted by molar-refractivity contribution is -0.104. The summed E-state index contributed by atoms with van der Waals surface area (Å²) < 4.78 is 0. The van der Waals surface area contributed by atoms with Crippen LogP contribution in [0, 0.1) is 0 Å². The average molecular weight is 133 g/mol. The van der Waals surface area contributed by atoms with Crippen LogP contribution in [-0.2, 0) is 4.79 Å². The summed E-state index contributed by atoms with van der Waals surface area (Å²) in [6.07, 6.45) is 5.49. The van der Waals surface area contributed by atoms with Crippen molar-refractivity contribution in [3.63, 3.8) is 0 Å². The number of aldehydes is 1. The van der Waals surface area contributed by atoms with Crippen LogP contribution in [-0.4, -0.2) is 11.3 Å². The van der Waals surface area contributed by atoms with Crippen molar-refractivity contribution in [3.8, 4) is 0 Å². The molecule has 10 heavy (non-hydrogen) atoms. The minimum atomic E-state index is 0.731. The zero-order valence-electron chi connectivity index (χ0n) is 5.40. The summed E-state index contributed by atoms with van der Waals surface area (Å²) in [5.74, 6) is 0. The van der Waals surface area contributed by atoms with E-state index in [1.54, 1.807) is 12.3 Å². The number of allylic oxidation sites excluding steroid dienone is 1. The molecule has 0 spiro atoms. The molecule has 0 aromatic carbocycles. The zero-order chi connectivity index (χ0) is 7.23. The second-order valence-corrected chi connectivity index (χ2v) is 1.75. The van der Waals surface area contributed by atoms with Gasteiger partial charge in [0.1, 0.15) is 6.29 Å². The molecular formula is C8H7NO. The molecule has 0 radical (unpaired) electrons. The summed E-state index contributed by atoms with van der Waals surface area (Å²) in [6.45, 7) is 0. The van der Waals surface area contributed by atoms with E-state index in [-0.39, 0.29) is 0 Å². The lowest BCUT2D eigenvalue weighted by Crippen LogP contribution is -1.75. The highest BCUT2D eigenvalue weighted by molar-refractivity contribution is 5.72. The maximum atomic E-state index is 9.86. The van der Waals surface area contributed by atoms with E-state index >= 15 is 0 Å². The first-order chi connectivity index (χ1) is 4.93. The minimum absolute atomic E-state index is 0.731. The molecule has 50 valence electrons. The van der Waals surface area contributed by atoms with Crippen molar-refractivity contribution in [3.05, 3.63) is 36.2 Å². The monoisotopic (exact) mass is 133 g/mol. The Balaban J connectivity index is 2.76. The number of rotatable bonds is 2. The maximum absolute atomic E-state index is 9.86. The Hall–Kier alpha value is -1.44. The number of nitrogens with zero attached hydrogens (tertiary/aromatic N) is 1. The van der Waals surface area contributed by atoms with Crippen molar-refractivity contribution in [1.29, 1.82) is 0 Å². The number of hydrogen-bond donors (Lipinski definition) is 0. The van der Waals surface area contributed by atoms with Crippen LogP contribution >= 0.6 is 0 Å². The minimum Gasteiger partial charge on any atom is -0.299 e. The van der Waals surface area contributed by atoms with E-state index in [0.717, 1.165) is 12.0 Å². The van der Waals surface area contributed by atoms with Gasteiger partial charge in [0.05, 0.1) is 5.69 Å². The lowest BCUT2D eigenvalue weighted by atomic mass is 10.3. The number of carbonyl (C=O) groups excluding carboxylic acids is 1. The molecule has 1 aromatic rings. The zero-order valence-corrected chi connectivity index (χ0v) is 5.40. The Kier molecular flexibility index (Phi) is 2.38. The third kappa shape index (κ3) is 1.82. The summed E-state index contributed by atoms with van der Waals surface area (Å²) in [6, 6.07) is 5.54. The lowest BCUT2D eigenvalue weighted by Gasteiger charge is -1.85.